The number of hydrogen-bond donors (Lipinski definition) is 0. The van der Waals surface area contributed by atoms with Crippen LogP contribution in [0.1, 0.15) is 40.5 Å². The molecule has 1 rings (SSSR count). The molecule has 0 spiro atoms. The Balaban J connectivity index is 2.90. The van der Waals surface area contributed by atoms with Crippen LogP contribution < -0.4 is 0 Å². The molecule has 74 valence electrons. The van der Waals surface area contributed by atoms with Gasteiger partial charge in [0.15, 0.2) is 0 Å². The van der Waals surface area contributed by atoms with Gasteiger partial charge in [-0.2, -0.15) is 0 Å². The molecule has 0 nitrogen and oxygen atoms in total. The minimum absolute atomic E-state index is 0.414. The summed E-state index contributed by atoms with van der Waals surface area (Å²) < 4.78 is 0. The molecule has 1 heteroatoms. The van der Waals surface area contributed by atoms with Crippen LogP contribution in [0.2, 0.25) is 0 Å². The van der Waals surface area contributed by atoms with Crippen LogP contribution in [0.25, 0.3) is 0 Å². The normalized spacial score (nSPS) is 23.1. The van der Waals surface area contributed by atoms with Crippen molar-refractivity contribution in [2.24, 2.45) is 5.41 Å². The van der Waals surface area contributed by atoms with Gasteiger partial charge in [0.25, 0.3) is 0 Å². The van der Waals surface area contributed by atoms with Crippen LogP contribution in [0.3, 0.4) is 0 Å². The zero-order chi connectivity index (χ0) is 9.90. The summed E-state index contributed by atoms with van der Waals surface area (Å²) in [6.45, 7) is 9.28. The van der Waals surface area contributed by atoms with Crippen LogP contribution in [-0.4, -0.2) is 5.25 Å². The van der Waals surface area contributed by atoms with E-state index in [9.17, 15) is 0 Å². The van der Waals surface area contributed by atoms with Crippen LogP contribution in [0.5, 0.6) is 0 Å². The molecule has 1 aliphatic heterocycles. The van der Waals surface area contributed by atoms with Crippen molar-refractivity contribution in [3.8, 4) is 0 Å². The van der Waals surface area contributed by atoms with Crippen LogP contribution >= 0.6 is 11.8 Å². The predicted octanol–water partition coefficient (Wildman–Crippen LogP) is 4.39. The molecule has 1 atom stereocenters. The second-order valence-corrected chi connectivity index (χ2v) is 5.25. The van der Waals surface area contributed by atoms with Gasteiger partial charge in [0, 0.05) is 5.25 Å². The zero-order valence-electron chi connectivity index (χ0n) is 9.13. The Morgan fingerprint density at radius 2 is 2.00 bits per heavy atom. The van der Waals surface area contributed by atoms with E-state index in [4.69, 9.17) is 0 Å². The lowest BCUT2D eigenvalue weighted by Crippen LogP contribution is -2.23. The van der Waals surface area contributed by atoms with Gasteiger partial charge in [0.1, 0.15) is 0 Å². The van der Waals surface area contributed by atoms with Gasteiger partial charge in [-0.1, -0.05) is 38.5 Å². The molecule has 1 aliphatic rings. The minimum Gasteiger partial charge on any atom is -0.127 e. The van der Waals surface area contributed by atoms with Crippen molar-refractivity contribution in [3.63, 3.8) is 0 Å². The van der Waals surface area contributed by atoms with Crippen molar-refractivity contribution in [1.82, 2.24) is 0 Å². The van der Waals surface area contributed by atoms with E-state index in [0.29, 0.717) is 10.7 Å². The molecule has 0 fully saturated rings. The third-order valence-corrected chi connectivity index (χ3v) is 4.31. The first-order chi connectivity index (χ1) is 6.14. The van der Waals surface area contributed by atoms with E-state index in [1.54, 1.807) is 5.57 Å². The van der Waals surface area contributed by atoms with Crippen molar-refractivity contribution in [2.75, 3.05) is 0 Å². The summed E-state index contributed by atoms with van der Waals surface area (Å²) in [6.07, 6.45) is 6.99. The van der Waals surface area contributed by atoms with E-state index in [2.05, 4.69) is 45.3 Å². The van der Waals surface area contributed by atoms with Gasteiger partial charge in [-0.3, -0.25) is 0 Å². The average molecular weight is 196 g/mol. The Bertz CT molecular complexity index is 221. The molecule has 0 unspecified atom stereocenters. The standard InChI is InChI=1S/C12H20S/c1-5-12(4,6-2)11-8-7-9-13-10(11)3/h7-10H,5-6H2,1-4H3/t10-/m0/s1. The first kappa shape index (κ1) is 10.9. The topological polar surface area (TPSA) is 0 Å². The minimum atomic E-state index is 0.414. The zero-order valence-corrected chi connectivity index (χ0v) is 9.95. The molecule has 0 saturated carbocycles. The van der Waals surface area contributed by atoms with Crippen molar-refractivity contribution in [3.05, 3.63) is 23.1 Å². The monoisotopic (exact) mass is 196 g/mol. The molecular formula is C12H20S. The molecule has 0 bridgehead atoms. The van der Waals surface area contributed by atoms with Gasteiger partial charge >= 0.3 is 0 Å². The Labute approximate surface area is 86.5 Å². The van der Waals surface area contributed by atoms with Crippen LogP contribution in [0.15, 0.2) is 23.1 Å². The summed E-state index contributed by atoms with van der Waals surface area (Å²) in [7, 11) is 0. The number of thioether (sulfide) groups is 1. The Kier molecular flexibility index (Phi) is 3.66. The quantitative estimate of drug-likeness (QED) is 0.645. The fraction of sp³-hybridized carbons (Fsp3) is 0.667. The molecule has 0 amide bonds. The first-order valence-corrected chi connectivity index (χ1v) is 6.11. The van der Waals surface area contributed by atoms with E-state index >= 15 is 0 Å². The van der Waals surface area contributed by atoms with Gasteiger partial charge in [-0.15, -0.1) is 11.8 Å². The molecular weight excluding hydrogens is 176 g/mol. The molecule has 1 heterocycles. The van der Waals surface area contributed by atoms with Crippen molar-refractivity contribution in [1.29, 1.82) is 0 Å². The lowest BCUT2D eigenvalue weighted by molar-refractivity contribution is 0.360. The lowest BCUT2D eigenvalue weighted by Gasteiger charge is -2.34. The highest BCUT2D eigenvalue weighted by Crippen LogP contribution is 2.41. The molecule has 0 saturated heterocycles. The van der Waals surface area contributed by atoms with E-state index in [-0.39, 0.29) is 0 Å². The van der Waals surface area contributed by atoms with Gasteiger partial charge < -0.3 is 0 Å². The van der Waals surface area contributed by atoms with Gasteiger partial charge in [-0.05, 0) is 30.6 Å². The van der Waals surface area contributed by atoms with Crippen molar-refractivity contribution >= 4 is 11.8 Å². The third-order valence-electron chi connectivity index (χ3n) is 3.33. The first-order valence-electron chi connectivity index (χ1n) is 5.16. The van der Waals surface area contributed by atoms with Gasteiger partial charge in [-0.25, -0.2) is 0 Å². The molecule has 0 aromatic rings. The lowest BCUT2D eigenvalue weighted by atomic mass is 9.76. The Morgan fingerprint density at radius 1 is 1.38 bits per heavy atom. The number of allylic oxidation sites excluding steroid dienone is 2. The maximum absolute atomic E-state index is 2.38. The molecule has 13 heavy (non-hydrogen) atoms. The van der Waals surface area contributed by atoms with E-state index in [1.807, 2.05) is 11.8 Å². The second kappa shape index (κ2) is 4.36. The van der Waals surface area contributed by atoms with Gasteiger partial charge in [0.05, 0.1) is 0 Å². The maximum Gasteiger partial charge on any atom is 0.0278 e. The molecule has 0 radical (unpaired) electrons. The second-order valence-electron chi connectivity index (χ2n) is 4.00. The SMILES string of the molecule is CCC(C)(CC)C1=CC=CS[C@H]1C. The van der Waals surface area contributed by atoms with Gasteiger partial charge in [0.2, 0.25) is 0 Å². The van der Waals surface area contributed by atoms with Crippen LogP contribution in [0, 0.1) is 5.41 Å². The average Bonchev–Trinajstić information content (AvgIpc) is 2.17. The largest absolute Gasteiger partial charge is 0.127 e. The summed E-state index contributed by atoms with van der Waals surface area (Å²) in [5, 5.41) is 2.86. The fourth-order valence-corrected chi connectivity index (χ4v) is 2.78. The Morgan fingerprint density at radius 3 is 2.46 bits per heavy atom. The van der Waals surface area contributed by atoms with Crippen LogP contribution in [-0.2, 0) is 0 Å². The molecule has 0 aliphatic carbocycles. The third kappa shape index (κ3) is 2.19. The summed E-state index contributed by atoms with van der Waals surface area (Å²) in [5.41, 5.74) is 2.03. The molecule has 0 N–H and O–H groups in total. The highest BCUT2D eigenvalue weighted by molar-refractivity contribution is 8.02. The van der Waals surface area contributed by atoms with Crippen molar-refractivity contribution < 1.29 is 0 Å². The van der Waals surface area contributed by atoms with E-state index in [0.717, 1.165) is 0 Å². The van der Waals surface area contributed by atoms with Crippen molar-refractivity contribution in [2.45, 2.75) is 45.8 Å². The fourth-order valence-electron chi connectivity index (χ4n) is 1.87. The predicted molar refractivity (Wildman–Crippen MR) is 63.0 cm³/mol. The molecule has 0 aromatic carbocycles. The Hall–Kier alpha value is -0.170. The summed E-state index contributed by atoms with van der Waals surface area (Å²) in [5.74, 6) is 0. The smallest absolute Gasteiger partial charge is 0.0278 e. The summed E-state index contributed by atoms with van der Waals surface area (Å²) in [4.78, 5) is 0. The summed E-state index contributed by atoms with van der Waals surface area (Å²) >= 11 is 1.93. The summed E-state index contributed by atoms with van der Waals surface area (Å²) in [6, 6.07) is 0. The maximum atomic E-state index is 2.38. The highest BCUT2D eigenvalue weighted by Gasteiger charge is 2.28. The highest BCUT2D eigenvalue weighted by atomic mass is 32.2. The van der Waals surface area contributed by atoms with E-state index in [1.165, 1.54) is 12.8 Å². The van der Waals surface area contributed by atoms with Crippen LogP contribution in [0.4, 0.5) is 0 Å². The number of rotatable bonds is 3. The number of hydrogen-bond acceptors (Lipinski definition) is 1. The molecule has 0 aromatic heterocycles. The van der Waals surface area contributed by atoms with E-state index < -0.39 is 0 Å².